The van der Waals surface area contributed by atoms with Crippen molar-refractivity contribution in [2.75, 3.05) is 5.73 Å². The summed E-state index contributed by atoms with van der Waals surface area (Å²) in [5.41, 5.74) is 6.69. The summed E-state index contributed by atoms with van der Waals surface area (Å²) in [7, 11) is 0. The summed E-state index contributed by atoms with van der Waals surface area (Å²) in [4.78, 5) is 1.10. The van der Waals surface area contributed by atoms with Crippen molar-refractivity contribution in [3.05, 3.63) is 23.2 Å². The zero-order valence-electron chi connectivity index (χ0n) is 8.59. The van der Waals surface area contributed by atoms with E-state index >= 15 is 0 Å². The van der Waals surface area contributed by atoms with Crippen molar-refractivity contribution in [3.8, 4) is 0 Å². The van der Waals surface area contributed by atoms with Crippen molar-refractivity contribution in [2.45, 2.75) is 36.8 Å². The standard InChI is InChI=1S/C11H16ClNS/c1-3-9(4-2)14-11-7-8(12)5-6-10(11)13/h5-7,9H,3-4,13H2,1-2H3. The predicted molar refractivity (Wildman–Crippen MR) is 66.1 cm³/mol. The molecule has 0 spiro atoms. The summed E-state index contributed by atoms with van der Waals surface area (Å²) < 4.78 is 0. The van der Waals surface area contributed by atoms with Gasteiger partial charge in [0.1, 0.15) is 0 Å². The molecule has 0 atom stereocenters. The lowest BCUT2D eigenvalue weighted by atomic mass is 10.3. The molecule has 1 rings (SSSR count). The van der Waals surface area contributed by atoms with E-state index in [0.29, 0.717) is 5.25 Å². The van der Waals surface area contributed by atoms with Gasteiger partial charge in [-0.2, -0.15) is 0 Å². The smallest absolute Gasteiger partial charge is 0.0453 e. The van der Waals surface area contributed by atoms with Gasteiger partial charge < -0.3 is 5.73 Å². The predicted octanol–water partition coefficient (Wildman–Crippen LogP) is 4.20. The van der Waals surface area contributed by atoms with Crippen LogP contribution in [0.1, 0.15) is 26.7 Å². The molecule has 0 bridgehead atoms. The number of thioether (sulfide) groups is 1. The highest BCUT2D eigenvalue weighted by molar-refractivity contribution is 8.00. The zero-order valence-corrected chi connectivity index (χ0v) is 10.2. The molecule has 1 aromatic carbocycles. The minimum atomic E-state index is 0.635. The molecule has 14 heavy (non-hydrogen) atoms. The van der Waals surface area contributed by atoms with E-state index < -0.39 is 0 Å². The maximum Gasteiger partial charge on any atom is 0.0453 e. The first-order valence-corrected chi connectivity index (χ1v) is 6.14. The molecule has 3 heteroatoms. The van der Waals surface area contributed by atoms with Crippen molar-refractivity contribution in [1.29, 1.82) is 0 Å². The van der Waals surface area contributed by atoms with Crippen LogP contribution in [-0.2, 0) is 0 Å². The molecule has 1 aromatic rings. The van der Waals surface area contributed by atoms with Crippen LogP contribution in [0, 0.1) is 0 Å². The summed E-state index contributed by atoms with van der Waals surface area (Å²) in [5, 5.41) is 1.39. The van der Waals surface area contributed by atoms with Gasteiger partial charge in [0, 0.05) is 20.9 Å². The minimum absolute atomic E-state index is 0.635. The SMILES string of the molecule is CCC(CC)Sc1cc(Cl)ccc1N. The lowest BCUT2D eigenvalue weighted by molar-refractivity contribution is 0.792. The van der Waals surface area contributed by atoms with Gasteiger partial charge in [0.25, 0.3) is 0 Å². The number of anilines is 1. The average molecular weight is 230 g/mol. The van der Waals surface area contributed by atoms with Crippen LogP contribution in [-0.4, -0.2) is 5.25 Å². The fourth-order valence-corrected chi connectivity index (χ4v) is 2.57. The number of nitrogens with two attached hydrogens (primary N) is 1. The number of nitrogen functional groups attached to an aromatic ring is 1. The Balaban J connectivity index is 2.79. The van der Waals surface area contributed by atoms with Crippen molar-refractivity contribution >= 4 is 29.1 Å². The fourth-order valence-electron chi connectivity index (χ4n) is 1.25. The summed E-state index contributed by atoms with van der Waals surface area (Å²) in [6.45, 7) is 4.39. The number of benzene rings is 1. The third kappa shape index (κ3) is 3.10. The second kappa shape index (κ2) is 5.52. The number of hydrogen-bond acceptors (Lipinski definition) is 2. The van der Waals surface area contributed by atoms with Crippen LogP contribution in [0.4, 0.5) is 5.69 Å². The molecule has 0 amide bonds. The molecule has 0 radical (unpaired) electrons. The number of hydrogen-bond donors (Lipinski definition) is 1. The minimum Gasteiger partial charge on any atom is -0.398 e. The molecule has 2 N–H and O–H groups in total. The highest BCUT2D eigenvalue weighted by Gasteiger charge is 2.08. The molecule has 1 nitrogen and oxygen atoms in total. The summed E-state index contributed by atoms with van der Waals surface area (Å²) in [5.74, 6) is 0. The molecule has 0 aliphatic heterocycles. The zero-order chi connectivity index (χ0) is 10.6. The third-order valence-electron chi connectivity index (χ3n) is 2.18. The van der Waals surface area contributed by atoms with Crippen molar-refractivity contribution < 1.29 is 0 Å². The van der Waals surface area contributed by atoms with Crippen LogP contribution < -0.4 is 5.73 Å². The first-order valence-electron chi connectivity index (χ1n) is 4.89. The van der Waals surface area contributed by atoms with E-state index in [1.54, 1.807) is 0 Å². The topological polar surface area (TPSA) is 26.0 Å². The van der Waals surface area contributed by atoms with Crippen LogP contribution in [0.2, 0.25) is 5.02 Å². The molecule has 0 saturated heterocycles. The Morgan fingerprint density at radius 3 is 2.57 bits per heavy atom. The Morgan fingerprint density at radius 2 is 2.00 bits per heavy atom. The Morgan fingerprint density at radius 1 is 1.36 bits per heavy atom. The van der Waals surface area contributed by atoms with Gasteiger partial charge in [0.2, 0.25) is 0 Å². The van der Waals surface area contributed by atoms with Crippen LogP contribution in [0.3, 0.4) is 0 Å². The molecule has 0 unspecified atom stereocenters. The molecule has 0 aromatic heterocycles. The van der Waals surface area contributed by atoms with Gasteiger partial charge in [0.15, 0.2) is 0 Å². The quantitative estimate of drug-likeness (QED) is 0.619. The maximum absolute atomic E-state index is 5.92. The van der Waals surface area contributed by atoms with Gasteiger partial charge in [0.05, 0.1) is 0 Å². The van der Waals surface area contributed by atoms with Gasteiger partial charge in [-0.25, -0.2) is 0 Å². The molecular formula is C11H16ClNS. The van der Waals surface area contributed by atoms with Gasteiger partial charge in [-0.15, -0.1) is 11.8 Å². The number of rotatable bonds is 4. The second-order valence-corrected chi connectivity index (χ2v) is 5.02. The maximum atomic E-state index is 5.92. The van der Waals surface area contributed by atoms with Gasteiger partial charge in [-0.3, -0.25) is 0 Å². The van der Waals surface area contributed by atoms with Crippen LogP contribution >= 0.6 is 23.4 Å². The third-order valence-corrected chi connectivity index (χ3v) is 4.02. The molecular weight excluding hydrogens is 214 g/mol. The Bertz CT molecular complexity index is 297. The van der Waals surface area contributed by atoms with E-state index in [9.17, 15) is 0 Å². The van der Waals surface area contributed by atoms with Crippen LogP contribution in [0.15, 0.2) is 23.1 Å². The second-order valence-electron chi connectivity index (χ2n) is 3.24. The monoisotopic (exact) mass is 229 g/mol. The summed E-state index contributed by atoms with van der Waals surface area (Å²) in [6.07, 6.45) is 2.32. The Kier molecular flexibility index (Phi) is 4.63. The van der Waals surface area contributed by atoms with E-state index in [1.807, 2.05) is 30.0 Å². The van der Waals surface area contributed by atoms with Gasteiger partial charge >= 0.3 is 0 Å². The summed E-state index contributed by atoms with van der Waals surface area (Å²) in [6, 6.07) is 5.64. The summed E-state index contributed by atoms with van der Waals surface area (Å²) >= 11 is 7.74. The first kappa shape index (κ1) is 11.7. The van der Waals surface area contributed by atoms with Crippen LogP contribution in [0.5, 0.6) is 0 Å². The van der Waals surface area contributed by atoms with Crippen LogP contribution in [0.25, 0.3) is 0 Å². The van der Waals surface area contributed by atoms with E-state index in [-0.39, 0.29) is 0 Å². The lowest BCUT2D eigenvalue weighted by Crippen LogP contribution is -1.99. The Labute approximate surface area is 95.0 Å². The molecule has 0 aliphatic carbocycles. The largest absolute Gasteiger partial charge is 0.398 e. The highest BCUT2D eigenvalue weighted by atomic mass is 35.5. The van der Waals surface area contributed by atoms with Gasteiger partial charge in [-0.05, 0) is 31.0 Å². The average Bonchev–Trinajstić information content (AvgIpc) is 2.19. The van der Waals surface area contributed by atoms with Crippen molar-refractivity contribution in [3.63, 3.8) is 0 Å². The lowest BCUT2D eigenvalue weighted by Gasteiger charge is -2.13. The molecule has 0 aliphatic rings. The van der Waals surface area contributed by atoms with Crippen molar-refractivity contribution in [2.24, 2.45) is 0 Å². The molecule has 78 valence electrons. The Hall–Kier alpha value is -0.340. The first-order chi connectivity index (χ1) is 6.67. The highest BCUT2D eigenvalue weighted by Crippen LogP contribution is 2.33. The van der Waals surface area contributed by atoms with E-state index in [4.69, 9.17) is 17.3 Å². The fraction of sp³-hybridized carbons (Fsp3) is 0.455. The molecule has 0 fully saturated rings. The van der Waals surface area contributed by atoms with E-state index in [0.717, 1.165) is 28.4 Å². The number of halogens is 1. The molecule has 0 heterocycles. The van der Waals surface area contributed by atoms with Gasteiger partial charge in [-0.1, -0.05) is 25.4 Å². The molecule has 0 saturated carbocycles. The normalized spacial score (nSPS) is 10.9. The van der Waals surface area contributed by atoms with Crippen molar-refractivity contribution in [1.82, 2.24) is 0 Å². The van der Waals surface area contributed by atoms with E-state index in [1.165, 1.54) is 0 Å². The van der Waals surface area contributed by atoms with E-state index in [2.05, 4.69) is 13.8 Å².